The monoisotopic (exact) mass is 1130 g/mol. The highest BCUT2D eigenvalue weighted by Gasteiger charge is 2.37. The lowest BCUT2D eigenvalue weighted by molar-refractivity contribution is -0.0461. The van der Waals surface area contributed by atoms with Crippen molar-refractivity contribution in [1.82, 2.24) is 9.88 Å². The number of benzene rings is 3. The summed E-state index contributed by atoms with van der Waals surface area (Å²) in [6, 6.07) is 15.3. The first-order valence-corrected chi connectivity index (χ1v) is 28.4. The van der Waals surface area contributed by atoms with E-state index < -0.39 is 65.9 Å². The lowest BCUT2D eigenvalue weighted by Gasteiger charge is -2.18. The van der Waals surface area contributed by atoms with Gasteiger partial charge in [-0.25, -0.2) is 18.5 Å². The van der Waals surface area contributed by atoms with E-state index in [0.717, 1.165) is 0 Å². The number of aliphatic hydroxyl groups excluding tert-OH is 1. The highest BCUT2D eigenvalue weighted by atomic mass is 31.2. The number of fused-ring (bicyclic) bond motifs is 2. The van der Waals surface area contributed by atoms with Gasteiger partial charge in [-0.05, 0) is 79.8 Å². The smallest absolute Gasteiger partial charge is 0.472 e. The van der Waals surface area contributed by atoms with Gasteiger partial charge in [0.2, 0.25) is 0 Å². The van der Waals surface area contributed by atoms with E-state index in [2.05, 4.69) is 5.32 Å². The molecule has 6 atom stereocenters. The fourth-order valence-corrected chi connectivity index (χ4v) is 9.91. The minimum absolute atomic E-state index is 0.0327. The van der Waals surface area contributed by atoms with Crippen LogP contribution in [-0.4, -0.2) is 131 Å². The molecule has 2 aliphatic heterocycles. The molecule has 3 aromatic rings. The van der Waals surface area contributed by atoms with Gasteiger partial charge >= 0.3 is 29.4 Å². The van der Waals surface area contributed by atoms with Crippen LogP contribution in [0.1, 0.15) is 71.9 Å². The summed E-state index contributed by atoms with van der Waals surface area (Å²) in [5.74, 6) is -1.62. The van der Waals surface area contributed by atoms with Gasteiger partial charge in [0.1, 0.15) is 29.4 Å². The summed E-state index contributed by atoms with van der Waals surface area (Å²) in [6.45, 7) is -1.43. The number of carboxylic acid groups (broad SMARTS) is 1. The van der Waals surface area contributed by atoms with Crippen LogP contribution < -0.4 is 22.0 Å². The van der Waals surface area contributed by atoms with Gasteiger partial charge in [-0.15, -0.1) is 0 Å². The van der Waals surface area contributed by atoms with Crippen LogP contribution in [0.4, 0.5) is 5.69 Å². The Morgan fingerprint density at radius 1 is 0.697 bits per heavy atom. The first kappa shape index (κ1) is 60.0. The molecule has 2 aromatic carbocycles. The van der Waals surface area contributed by atoms with Crippen molar-refractivity contribution in [2.24, 2.45) is 0 Å². The lowest BCUT2D eigenvalue weighted by atomic mass is 9.89. The maximum atomic E-state index is 13.2. The molecule has 416 valence electrons. The number of hydrogen-bond donors (Lipinski definition) is 8. The van der Waals surface area contributed by atoms with Crippen LogP contribution in [-0.2, 0) is 55.0 Å². The van der Waals surface area contributed by atoms with E-state index in [1.165, 1.54) is 71.4 Å². The van der Waals surface area contributed by atoms with Crippen LogP contribution in [0.15, 0.2) is 86.9 Å². The number of phosphoric acid groups is 3. The van der Waals surface area contributed by atoms with Gasteiger partial charge in [0, 0.05) is 65.1 Å². The van der Waals surface area contributed by atoms with E-state index in [1.807, 2.05) is 0 Å². The number of aliphatic hydroxyl groups is 1. The third-order valence-electron chi connectivity index (χ3n) is 11.3. The number of unbranched alkanes of at least 4 members (excludes halogenated alkanes) is 4. The Hall–Kier alpha value is -5.21. The maximum Gasteiger partial charge on any atom is 0.472 e. The highest BCUT2D eigenvalue weighted by Crippen LogP contribution is 2.46. The van der Waals surface area contributed by atoms with Gasteiger partial charge in [-0.2, -0.15) is 0 Å². The normalized spacial score (nSPS) is 18.1. The van der Waals surface area contributed by atoms with Crippen molar-refractivity contribution in [3.8, 4) is 28.2 Å². The van der Waals surface area contributed by atoms with E-state index in [0.29, 0.717) is 42.2 Å². The molecule has 0 spiro atoms. The Bertz CT molecular complexity index is 2990. The van der Waals surface area contributed by atoms with Crippen molar-refractivity contribution >= 4 is 52.0 Å². The van der Waals surface area contributed by atoms with E-state index in [1.54, 1.807) is 6.07 Å². The average molecular weight is 1130 g/mol. The average Bonchev–Trinajstić information content (AvgIpc) is 3.77. The number of nitrogens with zero attached hydrogens (tertiary/aromatic N) is 1. The number of ether oxygens (including phenoxy) is 3. The number of nitrogen functional groups attached to an aromatic ring is 1. The van der Waals surface area contributed by atoms with Crippen LogP contribution >= 0.6 is 23.5 Å². The molecule has 6 rings (SSSR count). The Morgan fingerprint density at radius 3 is 1.95 bits per heavy atom. The van der Waals surface area contributed by atoms with Crippen molar-refractivity contribution in [3.05, 3.63) is 105 Å². The van der Waals surface area contributed by atoms with E-state index in [-0.39, 0.29) is 130 Å². The molecule has 1 saturated heterocycles. The number of carbonyl (C=O) groups excluding carboxylic acids is 1. The number of rotatable bonds is 33. The number of aromatic nitrogens is 1. The molecular weight excluding hydrogens is 1070 g/mol. The number of hydrogen-bond acceptors (Lipinski definition) is 20. The van der Waals surface area contributed by atoms with Gasteiger partial charge in [0.25, 0.3) is 11.5 Å². The molecule has 3 heterocycles. The van der Waals surface area contributed by atoms with Crippen molar-refractivity contribution in [1.29, 1.82) is 0 Å². The Morgan fingerprint density at radius 2 is 1.30 bits per heavy atom. The zero-order valence-corrected chi connectivity index (χ0v) is 43.6. The van der Waals surface area contributed by atoms with Crippen molar-refractivity contribution in [2.45, 2.75) is 63.4 Å². The Labute approximate surface area is 434 Å². The molecule has 1 fully saturated rings. The van der Waals surface area contributed by atoms with Crippen molar-refractivity contribution in [2.75, 3.05) is 78.3 Å². The molecule has 26 nitrogen and oxygen atoms in total. The van der Waals surface area contributed by atoms with E-state index in [4.69, 9.17) is 51.5 Å². The number of phosphoric ester groups is 3. The third-order valence-corrected chi connectivity index (χ3v) is 14.4. The molecule has 1 amide bonds. The lowest BCUT2D eigenvalue weighted by Crippen LogP contribution is -2.27. The molecule has 0 saturated carbocycles. The Balaban J connectivity index is 0.752. The molecule has 29 heteroatoms. The summed E-state index contributed by atoms with van der Waals surface area (Å²) in [5.41, 5.74) is 6.42. The minimum atomic E-state index is -4.56. The number of carbonyl (C=O) groups is 2. The summed E-state index contributed by atoms with van der Waals surface area (Å²) in [4.78, 5) is 79.8. The summed E-state index contributed by atoms with van der Waals surface area (Å²) >= 11 is 0. The number of aromatic hydroxyl groups is 1. The predicted molar refractivity (Wildman–Crippen MR) is 270 cm³/mol. The number of pyridine rings is 1. The Kier molecular flexibility index (Phi) is 22.4. The van der Waals surface area contributed by atoms with Crippen molar-refractivity contribution < 1.29 is 99.1 Å². The molecule has 1 aliphatic carbocycles. The number of amides is 1. The zero-order chi connectivity index (χ0) is 54.9. The van der Waals surface area contributed by atoms with Crippen LogP contribution in [0.2, 0.25) is 0 Å². The van der Waals surface area contributed by atoms with Crippen molar-refractivity contribution in [3.63, 3.8) is 0 Å². The minimum Gasteiger partial charge on any atom is -0.508 e. The summed E-state index contributed by atoms with van der Waals surface area (Å²) in [6.07, 6.45) is 1.01. The van der Waals surface area contributed by atoms with E-state index >= 15 is 0 Å². The fourth-order valence-electron chi connectivity index (χ4n) is 7.66. The third kappa shape index (κ3) is 18.5. The van der Waals surface area contributed by atoms with Gasteiger partial charge in [-0.3, -0.25) is 46.1 Å². The van der Waals surface area contributed by atoms with Gasteiger partial charge in [0.05, 0.1) is 77.7 Å². The number of carboxylic acids is 1. The number of phenols is 1. The molecule has 0 bridgehead atoms. The standard InChI is InChI=1S/C47H60N3O23P3/c48-32-13-15-50(43(54)26-32)44-29-39(53)42(73-44)30-71-76(62,63)68-18-6-5-17-67-75(60,61)70-24-22-65-20-19-64-21-23-69-74(58,59)66-16-4-2-1-3-14-49-46(55)31-7-10-35(47(56)57)38(25-31)45-36-11-8-33(51)27-40(36)72-41-28-34(52)9-12-37(41)45/h7-13,15,25-28,39,42,44,51,53H,1-6,14,16-24,29-30,48H2,(H,49,55)(H,56,57)(H,58,59)(H,60,61)(H,62,63)/t39?,42-,44-/m1/s1. The van der Waals surface area contributed by atoms with Gasteiger partial charge in [0.15, 0.2) is 5.43 Å². The molecule has 4 unspecified atom stereocenters. The van der Waals surface area contributed by atoms with Crippen LogP contribution in [0.3, 0.4) is 0 Å². The van der Waals surface area contributed by atoms with Gasteiger partial charge in [-0.1, -0.05) is 12.8 Å². The van der Waals surface area contributed by atoms with Gasteiger partial charge < -0.3 is 59.7 Å². The second-order valence-electron chi connectivity index (χ2n) is 17.0. The molecule has 76 heavy (non-hydrogen) atoms. The number of nitrogens with two attached hydrogens (primary N) is 1. The highest BCUT2D eigenvalue weighted by molar-refractivity contribution is 7.47. The number of aromatic carboxylic acids is 1. The topological polar surface area (TPSA) is 380 Å². The number of phenolic OH excluding ortho intramolecular Hbond substituents is 1. The molecule has 3 aliphatic rings. The maximum absolute atomic E-state index is 13.2. The quantitative estimate of drug-likeness (QED) is 0.0145. The van der Waals surface area contributed by atoms with Crippen LogP contribution in [0.25, 0.3) is 33.4 Å². The van der Waals surface area contributed by atoms with Crippen LogP contribution in [0, 0.1) is 0 Å². The summed E-state index contributed by atoms with van der Waals surface area (Å²) in [7, 11) is -13.4. The summed E-state index contributed by atoms with van der Waals surface area (Å²) < 4.78 is 89.4. The second-order valence-corrected chi connectivity index (χ2v) is 21.3. The first-order chi connectivity index (χ1) is 36.2. The SMILES string of the molecule is Nc1ccn([C@H]2CC(O)[C@@H](COP(=O)(O)OCCCCOP(=O)(O)OCCOCCOCCOP(=O)(O)OCCCCCCNC(=O)c3ccc(C(=O)O)c(-c4c5ccc(=O)cc-5oc5cc(O)ccc45)c3)O2)c(=O)c1. The number of anilines is 1. The predicted octanol–water partition coefficient (Wildman–Crippen LogP) is 5.57. The number of nitrogens with one attached hydrogen (secondary N) is 1. The largest absolute Gasteiger partial charge is 0.508 e. The second kappa shape index (κ2) is 28.4. The first-order valence-electron chi connectivity index (χ1n) is 23.9. The molecule has 9 N–H and O–H groups in total. The molecule has 1 aromatic heterocycles. The fraction of sp³-hybridized carbons (Fsp3) is 0.447. The van der Waals surface area contributed by atoms with Crippen LogP contribution in [0.5, 0.6) is 5.75 Å². The summed E-state index contributed by atoms with van der Waals surface area (Å²) in [5, 5.41) is 33.7. The zero-order valence-electron chi connectivity index (χ0n) is 40.9. The van der Waals surface area contributed by atoms with E-state index in [9.17, 15) is 62.9 Å². The molecule has 0 radical (unpaired) electrons. The molecular formula is C47H60N3O23P3.